The number of hydrogen-bond acceptors (Lipinski definition) is 5. The Bertz CT molecular complexity index is 1250. The molecule has 4 aromatic rings. The Labute approximate surface area is 175 Å². The minimum Gasteiger partial charge on any atom is -0.363 e. The van der Waals surface area contributed by atoms with Crippen LogP contribution in [-0.4, -0.2) is 29.1 Å². The van der Waals surface area contributed by atoms with E-state index in [1.54, 1.807) is 19.1 Å². The number of anilines is 2. The van der Waals surface area contributed by atoms with Gasteiger partial charge in [0, 0.05) is 17.4 Å². The second-order valence-corrected chi connectivity index (χ2v) is 9.04. The molecule has 2 aromatic heterocycles. The van der Waals surface area contributed by atoms with Crippen molar-refractivity contribution in [1.29, 1.82) is 0 Å². The number of sulfonamides is 1. The van der Waals surface area contributed by atoms with E-state index in [4.69, 9.17) is 0 Å². The van der Waals surface area contributed by atoms with Crippen molar-refractivity contribution in [2.45, 2.75) is 19.9 Å². The molecule has 1 atom stereocenters. The topological polar surface area (TPSA) is 99.8 Å². The molecule has 0 aliphatic rings. The second kappa shape index (κ2) is 8.16. The predicted molar refractivity (Wildman–Crippen MR) is 121 cm³/mol. The van der Waals surface area contributed by atoms with E-state index in [-0.39, 0.29) is 11.8 Å². The Morgan fingerprint density at radius 3 is 2.47 bits per heavy atom. The van der Waals surface area contributed by atoms with Gasteiger partial charge < -0.3 is 10.3 Å². The normalized spacial score (nSPS) is 12.6. The number of H-pyrrole nitrogens is 1. The number of rotatable bonds is 7. The van der Waals surface area contributed by atoms with Gasteiger partial charge in [0.1, 0.15) is 17.8 Å². The number of hydrogen-bond donors (Lipinski definition) is 3. The van der Waals surface area contributed by atoms with Crippen molar-refractivity contribution in [3.05, 3.63) is 72.6 Å². The molecule has 2 aromatic carbocycles. The summed E-state index contributed by atoms with van der Waals surface area (Å²) in [6, 6.07) is 19.5. The highest BCUT2D eigenvalue weighted by molar-refractivity contribution is 7.92. The van der Waals surface area contributed by atoms with Crippen LogP contribution in [-0.2, 0) is 10.0 Å². The Hall–Kier alpha value is -3.39. The summed E-state index contributed by atoms with van der Waals surface area (Å²) in [6.45, 7) is 3.69. The molecule has 4 rings (SSSR count). The van der Waals surface area contributed by atoms with Gasteiger partial charge in [-0.2, -0.15) is 0 Å². The molecule has 0 radical (unpaired) electrons. The molecule has 0 spiro atoms. The molecule has 2 heterocycles. The lowest BCUT2D eigenvalue weighted by atomic mass is 10.1. The molecule has 7 nitrogen and oxygen atoms in total. The fraction of sp³-hybridized carbons (Fsp3) is 0.182. The number of fused-ring (bicyclic) bond motifs is 1. The van der Waals surface area contributed by atoms with Crippen LogP contribution in [0.3, 0.4) is 0 Å². The molecule has 30 heavy (non-hydrogen) atoms. The first kappa shape index (κ1) is 19.9. The summed E-state index contributed by atoms with van der Waals surface area (Å²) in [6.07, 6.45) is 1.53. The molecule has 0 unspecified atom stereocenters. The quantitative estimate of drug-likeness (QED) is 0.406. The van der Waals surface area contributed by atoms with E-state index in [9.17, 15) is 8.42 Å². The van der Waals surface area contributed by atoms with Gasteiger partial charge in [-0.25, -0.2) is 18.4 Å². The molecule has 0 fully saturated rings. The first-order chi connectivity index (χ1) is 14.4. The van der Waals surface area contributed by atoms with Gasteiger partial charge in [0.25, 0.3) is 0 Å². The van der Waals surface area contributed by atoms with Gasteiger partial charge in [-0.15, -0.1) is 0 Å². The second-order valence-electron chi connectivity index (χ2n) is 7.03. The molecule has 154 valence electrons. The molecule has 0 bridgehead atoms. The maximum absolute atomic E-state index is 11.7. The van der Waals surface area contributed by atoms with Crippen LogP contribution in [0.4, 0.5) is 11.5 Å². The van der Waals surface area contributed by atoms with Crippen LogP contribution < -0.4 is 10.0 Å². The Kier molecular flexibility index (Phi) is 5.41. The minimum atomic E-state index is -3.30. The van der Waals surface area contributed by atoms with Gasteiger partial charge in [-0.05, 0) is 43.2 Å². The summed E-state index contributed by atoms with van der Waals surface area (Å²) in [5.74, 6) is 0.790. The van der Waals surface area contributed by atoms with Gasteiger partial charge in [0.15, 0.2) is 0 Å². The minimum absolute atomic E-state index is 0.0343. The number of aromatic amines is 1. The van der Waals surface area contributed by atoms with E-state index in [2.05, 4.69) is 44.0 Å². The highest BCUT2D eigenvalue weighted by atomic mass is 32.2. The first-order valence-electron chi connectivity index (χ1n) is 9.71. The monoisotopic (exact) mass is 421 g/mol. The molecule has 0 saturated carbocycles. The highest BCUT2D eigenvalue weighted by Crippen LogP contribution is 2.29. The van der Waals surface area contributed by atoms with Crippen LogP contribution in [0, 0.1) is 0 Å². The van der Waals surface area contributed by atoms with Gasteiger partial charge in [0.2, 0.25) is 10.0 Å². The van der Waals surface area contributed by atoms with Gasteiger partial charge >= 0.3 is 0 Å². The number of aromatic nitrogens is 3. The van der Waals surface area contributed by atoms with Crippen molar-refractivity contribution in [3.8, 4) is 11.3 Å². The molecule has 0 saturated heterocycles. The van der Waals surface area contributed by atoms with E-state index in [0.717, 1.165) is 28.1 Å². The van der Waals surface area contributed by atoms with Crippen molar-refractivity contribution in [3.63, 3.8) is 0 Å². The average Bonchev–Trinajstić information content (AvgIpc) is 3.20. The van der Waals surface area contributed by atoms with Crippen molar-refractivity contribution >= 4 is 32.6 Å². The lowest BCUT2D eigenvalue weighted by Crippen LogP contribution is -2.14. The van der Waals surface area contributed by atoms with Crippen molar-refractivity contribution in [2.75, 3.05) is 15.8 Å². The molecule has 3 N–H and O–H groups in total. The van der Waals surface area contributed by atoms with Crippen LogP contribution in [0.1, 0.15) is 25.5 Å². The standard InChI is InChI=1S/C22H23N5O2S/c1-3-30(28,29)27-18-11-9-17(10-12-18)20-13-19-21(23-14-24-22(19)26-20)25-15(2)16-7-5-4-6-8-16/h4-15,27H,3H2,1-2H3,(H2,23,24,25,26)/t15-/m1/s1. The summed E-state index contributed by atoms with van der Waals surface area (Å²) in [7, 11) is -3.30. The van der Waals surface area contributed by atoms with E-state index in [1.807, 2.05) is 36.4 Å². The third-order valence-corrected chi connectivity index (χ3v) is 6.23. The molecule has 0 aliphatic heterocycles. The number of nitrogens with zero attached hydrogens (tertiary/aromatic N) is 2. The third kappa shape index (κ3) is 4.28. The maximum atomic E-state index is 11.7. The van der Waals surface area contributed by atoms with Crippen LogP contribution in [0.15, 0.2) is 67.0 Å². The highest BCUT2D eigenvalue weighted by Gasteiger charge is 2.13. The summed E-state index contributed by atoms with van der Waals surface area (Å²) in [5, 5.41) is 4.35. The zero-order valence-electron chi connectivity index (χ0n) is 16.8. The number of benzene rings is 2. The molecule has 0 amide bonds. The van der Waals surface area contributed by atoms with Crippen LogP contribution >= 0.6 is 0 Å². The Balaban J connectivity index is 1.60. The van der Waals surface area contributed by atoms with E-state index in [0.29, 0.717) is 5.69 Å². The van der Waals surface area contributed by atoms with E-state index in [1.165, 1.54) is 11.9 Å². The van der Waals surface area contributed by atoms with E-state index >= 15 is 0 Å². The Morgan fingerprint density at radius 1 is 1.03 bits per heavy atom. The van der Waals surface area contributed by atoms with Crippen LogP contribution in [0.25, 0.3) is 22.3 Å². The zero-order chi connectivity index (χ0) is 21.1. The maximum Gasteiger partial charge on any atom is 0.232 e. The first-order valence-corrected chi connectivity index (χ1v) is 11.4. The summed E-state index contributed by atoms with van der Waals surface area (Å²) < 4.78 is 26.0. The summed E-state index contributed by atoms with van der Waals surface area (Å²) >= 11 is 0. The van der Waals surface area contributed by atoms with Gasteiger partial charge in [0.05, 0.1) is 11.1 Å². The SMILES string of the molecule is CCS(=O)(=O)Nc1ccc(-c2cc3c(N[C@H](C)c4ccccc4)ncnc3[nH]2)cc1. The third-order valence-electron chi connectivity index (χ3n) is 4.93. The van der Waals surface area contributed by atoms with Crippen molar-refractivity contribution in [1.82, 2.24) is 15.0 Å². The van der Waals surface area contributed by atoms with Crippen molar-refractivity contribution in [2.24, 2.45) is 0 Å². The van der Waals surface area contributed by atoms with Crippen LogP contribution in [0.5, 0.6) is 0 Å². The van der Waals surface area contributed by atoms with Gasteiger partial charge in [-0.1, -0.05) is 42.5 Å². The molecular weight excluding hydrogens is 398 g/mol. The fourth-order valence-electron chi connectivity index (χ4n) is 3.21. The van der Waals surface area contributed by atoms with Crippen molar-refractivity contribution < 1.29 is 8.42 Å². The lowest BCUT2D eigenvalue weighted by molar-refractivity contribution is 0.602. The summed E-state index contributed by atoms with van der Waals surface area (Å²) in [5.41, 5.74) is 4.25. The molecule has 8 heteroatoms. The lowest BCUT2D eigenvalue weighted by Gasteiger charge is -2.15. The van der Waals surface area contributed by atoms with Gasteiger partial charge in [-0.3, -0.25) is 4.72 Å². The largest absolute Gasteiger partial charge is 0.363 e. The molecular formula is C22H23N5O2S. The zero-order valence-corrected chi connectivity index (χ0v) is 17.6. The summed E-state index contributed by atoms with van der Waals surface area (Å²) in [4.78, 5) is 12.1. The van der Waals surface area contributed by atoms with E-state index < -0.39 is 10.0 Å². The molecule has 0 aliphatic carbocycles. The average molecular weight is 422 g/mol. The van der Waals surface area contributed by atoms with Crippen LogP contribution in [0.2, 0.25) is 0 Å². The smallest absolute Gasteiger partial charge is 0.232 e. The number of nitrogens with one attached hydrogen (secondary N) is 3. The Morgan fingerprint density at radius 2 is 1.77 bits per heavy atom. The fourth-order valence-corrected chi connectivity index (χ4v) is 3.85. The predicted octanol–water partition coefficient (Wildman–Crippen LogP) is 4.56.